The van der Waals surface area contributed by atoms with Crippen LogP contribution in [-0.4, -0.2) is 43.0 Å². The van der Waals surface area contributed by atoms with Crippen LogP contribution in [0.1, 0.15) is 49.1 Å². The van der Waals surface area contributed by atoms with Gasteiger partial charge >= 0.3 is 5.97 Å². The summed E-state index contributed by atoms with van der Waals surface area (Å²) in [6.45, 7) is 6.49. The van der Waals surface area contributed by atoms with Crippen LogP contribution in [0, 0.1) is 16.7 Å². The lowest BCUT2D eigenvalue weighted by atomic mass is 9.93. The van der Waals surface area contributed by atoms with Crippen molar-refractivity contribution in [2.75, 3.05) is 25.7 Å². The van der Waals surface area contributed by atoms with Gasteiger partial charge in [-0.3, -0.25) is 9.59 Å². The Labute approximate surface area is 198 Å². The van der Waals surface area contributed by atoms with E-state index in [1.165, 1.54) is 11.8 Å². The van der Waals surface area contributed by atoms with Gasteiger partial charge in [-0.25, -0.2) is 0 Å². The van der Waals surface area contributed by atoms with Crippen molar-refractivity contribution in [3.05, 3.63) is 53.1 Å². The SMILES string of the molecule is COc1ccc([C@H]2S[C@H](CC(=O)O)C(=O)N(CC(C)(C)C)c3ccc(C#N)cc32)c(OC)c1. The Morgan fingerprint density at radius 3 is 2.45 bits per heavy atom. The van der Waals surface area contributed by atoms with Gasteiger partial charge in [0, 0.05) is 23.9 Å². The zero-order valence-corrected chi connectivity index (χ0v) is 20.2. The van der Waals surface area contributed by atoms with Crippen LogP contribution in [0.5, 0.6) is 11.5 Å². The fraction of sp³-hybridized carbons (Fsp3) is 0.400. The Kier molecular flexibility index (Phi) is 7.23. The third-order valence-corrected chi connectivity index (χ3v) is 6.76. The van der Waals surface area contributed by atoms with Gasteiger partial charge in [0.15, 0.2) is 0 Å². The van der Waals surface area contributed by atoms with E-state index in [0.29, 0.717) is 29.3 Å². The van der Waals surface area contributed by atoms with E-state index >= 15 is 0 Å². The predicted molar refractivity (Wildman–Crippen MR) is 128 cm³/mol. The van der Waals surface area contributed by atoms with E-state index in [4.69, 9.17) is 9.47 Å². The van der Waals surface area contributed by atoms with E-state index in [1.54, 1.807) is 49.5 Å². The summed E-state index contributed by atoms with van der Waals surface area (Å²) in [5, 5.41) is 17.9. The van der Waals surface area contributed by atoms with Crippen LogP contribution >= 0.6 is 11.8 Å². The second-order valence-electron chi connectivity index (χ2n) is 9.08. The number of thioether (sulfide) groups is 1. The molecule has 0 saturated carbocycles. The lowest BCUT2D eigenvalue weighted by molar-refractivity contribution is -0.138. The molecule has 2 aromatic rings. The van der Waals surface area contributed by atoms with Gasteiger partial charge in [-0.2, -0.15) is 5.26 Å². The minimum absolute atomic E-state index is 0.225. The van der Waals surface area contributed by atoms with Gasteiger partial charge in [0.05, 0.1) is 42.8 Å². The zero-order valence-electron chi connectivity index (χ0n) is 19.4. The maximum Gasteiger partial charge on any atom is 0.305 e. The van der Waals surface area contributed by atoms with Gasteiger partial charge in [0.25, 0.3) is 0 Å². The number of carbonyl (C=O) groups excluding carboxylic acids is 1. The van der Waals surface area contributed by atoms with Crippen molar-refractivity contribution in [2.24, 2.45) is 5.41 Å². The highest BCUT2D eigenvalue weighted by atomic mass is 32.2. The largest absolute Gasteiger partial charge is 0.497 e. The quantitative estimate of drug-likeness (QED) is 0.659. The number of aliphatic carboxylic acids is 1. The van der Waals surface area contributed by atoms with E-state index in [1.807, 2.05) is 26.8 Å². The molecule has 3 rings (SSSR count). The summed E-state index contributed by atoms with van der Waals surface area (Å²) in [5.74, 6) is -0.113. The van der Waals surface area contributed by atoms with Crippen molar-refractivity contribution >= 4 is 29.3 Å². The van der Waals surface area contributed by atoms with Gasteiger partial charge in [0.1, 0.15) is 11.5 Å². The van der Waals surface area contributed by atoms with E-state index in [-0.39, 0.29) is 17.7 Å². The second kappa shape index (κ2) is 9.75. The molecule has 7 nitrogen and oxygen atoms in total. The summed E-state index contributed by atoms with van der Waals surface area (Å²) < 4.78 is 11.0. The van der Waals surface area contributed by atoms with Crippen molar-refractivity contribution in [3.63, 3.8) is 0 Å². The number of anilines is 1. The molecule has 0 aliphatic carbocycles. The molecule has 1 amide bonds. The fourth-order valence-electron chi connectivity index (χ4n) is 3.88. The summed E-state index contributed by atoms with van der Waals surface area (Å²) in [7, 11) is 3.12. The highest BCUT2D eigenvalue weighted by Crippen LogP contribution is 2.50. The molecule has 33 heavy (non-hydrogen) atoms. The molecule has 0 unspecified atom stereocenters. The Bertz CT molecular complexity index is 1100. The minimum Gasteiger partial charge on any atom is -0.497 e. The second-order valence-corrected chi connectivity index (χ2v) is 10.4. The first-order chi connectivity index (χ1) is 15.6. The first-order valence-corrected chi connectivity index (χ1v) is 11.5. The number of amides is 1. The molecule has 2 aromatic carbocycles. The van der Waals surface area contributed by atoms with E-state index < -0.39 is 16.5 Å². The summed E-state index contributed by atoms with van der Waals surface area (Å²) >= 11 is 1.27. The fourth-order valence-corrected chi connectivity index (χ4v) is 5.36. The predicted octanol–water partition coefficient (Wildman–Crippen LogP) is 4.63. The van der Waals surface area contributed by atoms with E-state index in [2.05, 4.69) is 6.07 Å². The van der Waals surface area contributed by atoms with Crippen LogP contribution in [0.2, 0.25) is 0 Å². The number of carboxylic acid groups (broad SMARTS) is 1. The first kappa shape index (κ1) is 24.5. The Hall–Kier alpha value is -3.18. The molecule has 0 spiro atoms. The number of ether oxygens (including phenoxy) is 2. The third kappa shape index (κ3) is 5.42. The molecule has 0 aromatic heterocycles. The minimum atomic E-state index is -1.04. The number of fused-ring (bicyclic) bond motifs is 1. The first-order valence-electron chi connectivity index (χ1n) is 10.5. The number of methoxy groups -OCH3 is 2. The number of rotatable bonds is 6. The van der Waals surface area contributed by atoms with Gasteiger partial charge in [-0.05, 0) is 35.2 Å². The van der Waals surface area contributed by atoms with Crippen molar-refractivity contribution in [1.29, 1.82) is 5.26 Å². The van der Waals surface area contributed by atoms with E-state index in [0.717, 1.165) is 11.1 Å². The van der Waals surface area contributed by atoms with Crippen LogP contribution in [0.4, 0.5) is 5.69 Å². The van der Waals surface area contributed by atoms with Crippen LogP contribution in [-0.2, 0) is 9.59 Å². The molecule has 1 N–H and O–H groups in total. The lowest BCUT2D eigenvalue weighted by Crippen LogP contribution is -2.42. The number of nitriles is 1. The van der Waals surface area contributed by atoms with Crippen molar-refractivity contribution in [2.45, 2.75) is 37.7 Å². The smallest absolute Gasteiger partial charge is 0.305 e. The normalized spacial score (nSPS) is 18.2. The lowest BCUT2D eigenvalue weighted by Gasteiger charge is -2.31. The molecular formula is C25H28N2O5S. The van der Waals surface area contributed by atoms with Crippen molar-refractivity contribution < 1.29 is 24.2 Å². The van der Waals surface area contributed by atoms with Gasteiger partial charge in [0.2, 0.25) is 5.91 Å². The zero-order chi connectivity index (χ0) is 24.3. The van der Waals surface area contributed by atoms with Crippen LogP contribution in [0.25, 0.3) is 0 Å². The third-order valence-electron chi connectivity index (χ3n) is 5.29. The average molecular weight is 469 g/mol. The molecular weight excluding hydrogens is 440 g/mol. The molecule has 174 valence electrons. The molecule has 0 saturated heterocycles. The van der Waals surface area contributed by atoms with Gasteiger partial charge in [-0.15, -0.1) is 11.8 Å². The van der Waals surface area contributed by atoms with Crippen molar-refractivity contribution in [3.8, 4) is 17.6 Å². The number of benzene rings is 2. The van der Waals surface area contributed by atoms with Crippen LogP contribution in [0.3, 0.4) is 0 Å². The summed E-state index contributed by atoms with van der Waals surface area (Å²) in [5.41, 5.74) is 2.47. The highest BCUT2D eigenvalue weighted by Gasteiger charge is 2.39. The number of carboxylic acids is 1. The topological polar surface area (TPSA) is 99.9 Å². The van der Waals surface area contributed by atoms with Crippen molar-refractivity contribution in [1.82, 2.24) is 0 Å². The Morgan fingerprint density at radius 2 is 1.88 bits per heavy atom. The maximum absolute atomic E-state index is 13.6. The maximum atomic E-state index is 13.6. The number of carbonyl (C=O) groups is 2. The number of hydrogen-bond acceptors (Lipinski definition) is 6. The monoisotopic (exact) mass is 468 g/mol. The molecule has 2 atom stereocenters. The van der Waals surface area contributed by atoms with Crippen LogP contribution in [0.15, 0.2) is 36.4 Å². The highest BCUT2D eigenvalue weighted by molar-refractivity contribution is 8.01. The molecule has 1 aliphatic rings. The van der Waals surface area contributed by atoms with E-state index in [9.17, 15) is 20.0 Å². The average Bonchev–Trinajstić information content (AvgIpc) is 2.87. The molecule has 0 radical (unpaired) electrons. The molecule has 0 fully saturated rings. The van der Waals surface area contributed by atoms with Gasteiger partial charge < -0.3 is 19.5 Å². The van der Waals surface area contributed by atoms with Gasteiger partial charge in [-0.1, -0.05) is 26.8 Å². The standard InChI is InChI=1S/C25H28N2O5S/c1-25(2,3)14-27-19-9-6-15(13-26)10-18(19)23(33-21(24(27)30)12-22(28)29)17-8-7-16(31-4)11-20(17)32-5/h6-11,21,23H,12,14H2,1-5H3,(H,28,29)/t21-,23-/m1/s1. The molecule has 1 heterocycles. The summed E-state index contributed by atoms with van der Waals surface area (Å²) in [4.78, 5) is 27.0. The molecule has 8 heteroatoms. The molecule has 1 aliphatic heterocycles. The Balaban J connectivity index is 2.27. The summed E-state index contributed by atoms with van der Waals surface area (Å²) in [6.07, 6.45) is -0.307. The Morgan fingerprint density at radius 1 is 1.15 bits per heavy atom. The number of nitrogens with zero attached hydrogens (tertiary/aromatic N) is 2. The number of hydrogen-bond donors (Lipinski definition) is 1. The molecule has 0 bridgehead atoms. The van der Waals surface area contributed by atoms with Crippen LogP contribution < -0.4 is 14.4 Å². The summed E-state index contributed by atoms with van der Waals surface area (Å²) in [6, 6.07) is 12.8.